The smallest absolute Gasteiger partial charge is 0.403 e. The Labute approximate surface area is 149 Å². The zero-order valence-electron chi connectivity index (χ0n) is 14.0. The van der Waals surface area contributed by atoms with E-state index in [2.05, 4.69) is 0 Å². The van der Waals surface area contributed by atoms with Gasteiger partial charge in [0.15, 0.2) is 0 Å². The number of rotatable bonds is 5. The molecule has 9 unspecified atom stereocenters. The summed E-state index contributed by atoms with van der Waals surface area (Å²) in [4.78, 5) is 13.0. The summed E-state index contributed by atoms with van der Waals surface area (Å²) < 4.78 is 75.2. The fourth-order valence-electron chi connectivity index (χ4n) is 7.83. The molecule has 0 amide bonds. The summed E-state index contributed by atoms with van der Waals surface area (Å²) in [5.74, 6) is 2.31. The van der Waals surface area contributed by atoms with E-state index in [9.17, 15) is 26.4 Å². The molecule has 5 nitrogen and oxygen atoms in total. The van der Waals surface area contributed by atoms with E-state index in [1.165, 1.54) is 0 Å². The van der Waals surface area contributed by atoms with Gasteiger partial charge in [0.1, 0.15) is 6.61 Å². The van der Waals surface area contributed by atoms with Crippen LogP contribution < -0.4 is 0 Å². The second kappa shape index (κ2) is 4.96. The lowest BCUT2D eigenvalue weighted by Gasteiger charge is -2.61. The van der Waals surface area contributed by atoms with Gasteiger partial charge in [0.05, 0.1) is 5.41 Å². The number of halogens is 3. The zero-order chi connectivity index (χ0) is 18.6. The van der Waals surface area contributed by atoms with Gasteiger partial charge in [-0.05, 0) is 73.5 Å². The zero-order valence-corrected chi connectivity index (χ0v) is 14.8. The van der Waals surface area contributed by atoms with Gasteiger partial charge in [-0.1, -0.05) is 0 Å². The average Bonchev–Trinajstić information content (AvgIpc) is 3.06. The van der Waals surface area contributed by atoms with Crippen LogP contribution in [0.2, 0.25) is 0 Å². The van der Waals surface area contributed by atoms with Crippen molar-refractivity contribution in [3.8, 4) is 0 Å². The molecule has 0 heterocycles. The summed E-state index contributed by atoms with van der Waals surface area (Å²) in [6.07, 6.45) is 1.73. The highest BCUT2D eigenvalue weighted by atomic mass is 32.2. The summed E-state index contributed by atoms with van der Waals surface area (Å²) >= 11 is 0. The lowest BCUT2D eigenvalue weighted by Crippen LogP contribution is -2.60. The molecule has 0 saturated heterocycles. The summed E-state index contributed by atoms with van der Waals surface area (Å²) in [7, 11) is -5.91. The lowest BCUT2D eigenvalue weighted by molar-refractivity contribution is -0.196. The van der Waals surface area contributed by atoms with Crippen molar-refractivity contribution in [3.05, 3.63) is 0 Å². The maximum atomic E-state index is 13.7. The van der Waals surface area contributed by atoms with Crippen LogP contribution in [0.1, 0.15) is 32.1 Å². The molecule has 1 N–H and O–H groups in total. The molecule has 6 saturated carbocycles. The first kappa shape index (κ1) is 17.3. The largest absolute Gasteiger partial charge is 0.462 e. The van der Waals surface area contributed by atoms with Crippen molar-refractivity contribution in [2.45, 2.75) is 43.5 Å². The van der Waals surface area contributed by atoms with Crippen LogP contribution in [0, 0.1) is 46.8 Å². The third kappa shape index (κ3) is 1.86. The molecule has 7 bridgehead atoms. The van der Waals surface area contributed by atoms with E-state index in [4.69, 9.17) is 9.29 Å². The first-order valence-electron chi connectivity index (χ1n) is 9.23. The van der Waals surface area contributed by atoms with Crippen LogP contribution in [0.5, 0.6) is 0 Å². The van der Waals surface area contributed by atoms with Crippen LogP contribution in [0.3, 0.4) is 0 Å². The van der Waals surface area contributed by atoms with Crippen molar-refractivity contribution >= 4 is 16.1 Å². The Kier molecular flexibility index (Phi) is 3.29. The summed E-state index contributed by atoms with van der Waals surface area (Å²) in [5, 5.41) is -4.99. The number of alkyl halides is 3. The molecule has 0 radical (unpaired) electrons. The van der Waals surface area contributed by atoms with Gasteiger partial charge in [-0.25, -0.2) is 4.39 Å². The van der Waals surface area contributed by atoms with Crippen LogP contribution in [-0.2, 0) is 19.6 Å². The maximum absolute atomic E-state index is 13.7. The Hall–Kier alpha value is -0.830. The molecule has 0 spiro atoms. The molecule has 146 valence electrons. The molecular weight excluding hydrogens is 373 g/mol. The minimum absolute atomic E-state index is 0.191. The Morgan fingerprint density at radius 3 is 2.58 bits per heavy atom. The molecule has 6 aliphatic rings. The third-order valence-electron chi connectivity index (χ3n) is 8.26. The Morgan fingerprint density at radius 1 is 1.19 bits per heavy atom. The van der Waals surface area contributed by atoms with E-state index in [1.807, 2.05) is 0 Å². The van der Waals surface area contributed by atoms with Crippen LogP contribution >= 0.6 is 0 Å². The molecule has 26 heavy (non-hydrogen) atoms. The van der Waals surface area contributed by atoms with Gasteiger partial charge < -0.3 is 4.74 Å². The Morgan fingerprint density at radius 2 is 1.88 bits per heavy atom. The lowest BCUT2D eigenvalue weighted by atomic mass is 9.42. The number of ether oxygens (including phenoxy) is 1. The fraction of sp³-hybridized carbons (Fsp3) is 0.941. The fourth-order valence-corrected chi connectivity index (χ4v) is 8.23. The monoisotopic (exact) mass is 394 g/mol. The summed E-state index contributed by atoms with van der Waals surface area (Å²) in [5.41, 5.74) is -0.693. The van der Waals surface area contributed by atoms with Crippen molar-refractivity contribution in [2.75, 3.05) is 6.61 Å². The van der Waals surface area contributed by atoms with E-state index in [1.54, 1.807) is 0 Å². The van der Waals surface area contributed by atoms with Gasteiger partial charge in [-0.2, -0.15) is 17.2 Å². The number of esters is 1. The van der Waals surface area contributed by atoms with Crippen LogP contribution in [-0.4, -0.2) is 37.0 Å². The van der Waals surface area contributed by atoms with Gasteiger partial charge in [0.2, 0.25) is 6.17 Å². The van der Waals surface area contributed by atoms with Gasteiger partial charge in [-0.15, -0.1) is 0 Å². The van der Waals surface area contributed by atoms with Gasteiger partial charge in [0, 0.05) is 0 Å². The molecule has 0 aromatic carbocycles. The second-order valence-corrected chi connectivity index (χ2v) is 10.5. The predicted octanol–water partition coefficient (Wildman–Crippen LogP) is 2.67. The van der Waals surface area contributed by atoms with Gasteiger partial charge in [-0.3, -0.25) is 9.35 Å². The minimum Gasteiger partial charge on any atom is -0.462 e. The highest BCUT2D eigenvalue weighted by Gasteiger charge is 2.77. The SMILES string of the molecule is O=C(OCC(F)C(F)(F)S(=O)(=O)O)C12CC3CC4C5CC(CC41)C2C5C3. The van der Waals surface area contributed by atoms with Crippen molar-refractivity contribution < 1.29 is 35.7 Å². The van der Waals surface area contributed by atoms with Crippen molar-refractivity contribution in [1.82, 2.24) is 0 Å². The van der Waals surface area contributed by atoms with Crippen molar-refractivity contribution in [1.29, 1.82) is 0 Å². The third-order valence-corrected chi connectivity index (χ3v) is 9.20. The van der Waals surface area contributed by atoms with E-state index >= 15 is 0 Å². The predicted molar refractivity (Wildman–Crippen MR) is 82.3 cm³/mol. The van der Waals surface area contributed by atoms with Crippen molar-refractivity contribution in [2.24, 2.45) is 46.8 Å². The molecule has 6 aliphatic carbocycles. The average molecular weight is 394 g/mol. The molecule has 0 aliphatic heterocycles. The maximum Gasteiger partial charge on any atom is 0.403 e. The minimum atomic E-state index is -5.91. The molecule has 0 aromatic heterocycles. The van der Waals surface area contributed by atoms with Gasteiger partial charge >= 0.3 is 21.3 Å². The summed E-state index contributed by atoms with van der Waals surface area (Å²) in [6.45, 7) is -1.36. The molecule has 6 fully saturated rings. The van der Waals surface area contributed by atoms with E-state index in [0.29, 0.717) is 36.0 Å². The molecule has 6 rings (SSSR count). The van der Waals surface area contributed by atoms with E-state index < -0.39 is 39.5 Å². The number of carbonyl (C=O) groups excluding carboxylic acids is 1. The highest BCUT2D eigenvalue weighted by molar-refractivity contribution is 7.86. The molecule has 0 aromatic rings. The van der Waals surface area contributed by atoms with Crippen molar-refractivity contribution in [3.63, 3.8) is 0 Å². The van der Waals surface area contributed by atoms with E-state index in [0.717, 1.165) is 25.7 Å². The first-order chi connectivity index (χ1) is 12.1. The number of hydrogen-bond acceptors (Lipinski definition) is 4. The normalized spacial score (nSPS) is 49.0. The van der Waals surface area contributed by atoms with E-state index in [-0.39, 0.29) is 11.8 Å². The van der Waals surface area contributed by atoms with Crippen LogP contribution in [0.25, 0.3) is 0 Å². The topological polar surface area (TPSA) is 80.7 Å². The number of hydrogen-bond donors (Lipinski definition) is 1. The number of carbonyl (C=O) groups is 1. The molecular formula is C17H21F3O5S. The molecule has 9 heteroatoms. The second-order valence-electron chi connectivity index (χ2n) is 9.04. The highest BCUT2D eigenvalue weighted by Crippen LogP contribution is 2.79. The summed E-state index contributed by atoms with van der Waals surface area (Å²) in [6, 6.07) is 0. The standard InChI is InChI=1S/C17H21F3O5S/c18-13(17(19,20)26(22,23)24)6-25-15(21)16-5-7-1-10-9-3-8(4-12(10)16)14(16)11(9)2-7/h7-14H,1-6H2,(H,22,23,24). The Bertz CT molecular complexity index is 762. The quantitative estimate of drug-likeness (QED) is 0.573. The van der Waals surface area contributed by atoms with Crippen LogP contribution in [0.4, 0.5) is 13.2 Å². The van der Waals surface area contributed by atoms with Crippen LogP contribution in [0.15, 0.2) is 0 Å². The first-order valence-corrected chi connectivity index (χ1v) is 10.7. The molecule has 9 atom stereocenters. The van der Waals surface area contributed by atoms with Gasteiger partial charge in [0.25, 0.3) is 0 Å². The Balaban J connectivity index is 1.37.